The third kappa shape index (κ3) is 2.76. The molecule has 0 atom stereocenters. The Morgan fingerprint density at radius 1 is 1.31 bits per heavy atom. The molecule has 2 rings (SSSR count). The molecule has 2 nitrogen and oxygen atoms in total. The van der Waals surface area contributed by atoms with Crippen LogP contribution in [0.4, 0.5) is 0 Å². The van der Waals surface area contributed by atoms with Crippen molar-refractivity contribution in [1.29, 1.82) is 0 Å². The molecule has 0 radical (unpaired) electrons. The van der Waals surface area contributed by atoms with Crippen molar-refractivity contribution in [1.82, 2.24) is 5.32 Å². The molecule has 1 heterocycles. The molecular formula is C14H21NO. The highest BCUT2D eigenvalue weighted by atomic mass is 16.5. The number of rotatable bonds is 5. The maximum Gasteiger partial charge on any atom is 0.122 e. The summed E-state index contributed by atoms with van der Waals surface area (Å²) in [6.45, 7) is 7.58. The van der Waals surface area contributed by atoms with Gasteiger partial charge in [0, 0.05) is 0 Å². The van der Waals surface area contributed by atoms with Crippen LogP contribution in [0.1, 0.15) is 31.7 Å². The second-order valence-electron chi connectivity index (χ2n) is 4.85. The van der Waals surface area contributed by atoms with Gasteiger partial charge in [0.05, 0.1) is 6.61 Å². The van der Waals surface area contributed by atoms with Gasteiger partial charge < -0.3 is 10.1 Å². The van der Waals surface area contributed by atoms with Crippen LogP contribution in [0.15, 0.2) is 24.3 Å². The lowest BCUT2D eigenvalue weighted by molar-refractivity contribution is 0.236. The molecule has 16 heavy (non-hydrogen) atoms. The minimum Gasteiger partial charge on any atom is -0.493 e. The van der Waals surface area contributed by atoms with E-state index < -0.39 is 0 Å². The zero-order valence-electron chi connectivity index (χ0n) is 10.2. The average molecular weight is 219 g/mol. The van der Waals surface area contributed by atoms with Crippen LogP contribution in [-0.4, -0.2) is 19.7 Å². The molecule has 1 aliphatic heterocycles. The van der Waals surface area contributed by atoms with Crippen LogP contribution in [0.3, 0.4) is 0 Å². The van der Waals surface area contributed by atoms with E-state index in [4.69, 9.17) is 4.74 Å². The van der Waals surface area contributed by atoms with E-state index >= 15 is 0 Å². The molecule has 1 aliphatic rings. The average Bonchev–Trinajstić information content (AvgIpc) is 2.22. The summed E-state index contributed by atoms with van der Waals surface area (Å²) in [5.74, 6) is 2.41. The topological polar surface area (TPSA) is 21.3 Å². The first-order valence-electron chi connectivity index (χ1n) is 6.20. The van der Waals surface area contributed by atoms with Gasteiger partial charge in [-0.2, -0.15) is 0 Å². The standard InChI is InChI=1S/C14H21NO/c1-11(2)13-5-3-4-6-14(13)16-8-7-12-9-15-10-12/h3-6,11-12,15H,7-10H2,1-2H3. The van der Waals surface area contributed by atoms with E-state index in [1.165, 1.54) is 12.0 Å². The predicted molar refractivity (Wildman–Crippen MR) is 67.0 cm³/mol. The van der Waals surface area contributed by atoms with Gasteiger partial charge in [-0.05, 0) is 43.0 Å². The minimum absolute atomic E-state index is 0.529. The fourth-order valence-electron chi connectivity index (χ4n) is 1.98. The molecule has 1 aromatic carbocycles. The summed E-state index contributed by atoms with van der Waals surface area (Å²) in [6.07, 6.45) is 1.17. The lowest BCUT2D eigenvalue weighted by Gasteiger charge is -2.27. The Morgan fingerprint density at radius 3 is 2.69 bits per heavy atom. The van der Waals surface area contributed by atoms with Crippen molar-refractivity contribution in [3.8, 4) is 5.75 Å². The number of ether oxygens (including phenoxy) is 1. The Bertz CT molecular complexity index is 331. The lowest BCUT2D eigenvalue weighted by Crippen LogP contribution is -2.42. The summed E-state index contributed by atoms with van der Waals surface area (Å²) in [7, 11) is 0. The minimum atomic E-state index is 0.529. The summed E-state index contributed by atoms with van der Waals surface area (Å²) in [5.41, 5.74) is 1.31. The monoisotopic (exact) mass is 219 g/mol. The molecule has 1 N–H and O–H groups in total. The molecule has 0 amide bonds. The first kappa shape index (κ1) is 11.5. The Morgan fingerprint density at radius 2 is 2.06 bits per heavy atom. The summed E-state index contributed by atoms with van der Waals surface area (Å²) < 4.78 is 5.88. The van der Waals surface area contributed by atoms with Gasteiger partial charge in [-0.15, -0.1) is 0 Å². The second-order valence-corrected chi connectivity index (χ2v) is 4.85. The van der Waals surface area contributed by atoms with Crippen LogP contribution in [0.5, 0.6) is 5.75 Å². The first-order chi connectivity index (χ1) is 7.77. The fourth-order valence-corrected chi connectivity index (χ4v) is 1.98. The molecular weight excluding hydrogens is 198 g/mol. The largest absolute Gasteiger partial charge is 0.493 e. The van der Waals surface area contributed by atoms with Gasteiger partial charge >= 0.3 is 0 Å². The van der Waals surface area contributed by atoms with Crippen LogP contribution in [0.2, 0.25) is 0 Å². The third-order valence-electron chi connectivity index (χ3n) is 3.19. The van der Waals surface area contributed by atoms with E-state index in [-0.39, 0.29) is 0 Å². The van der Waals surface area contributed by atoms with Crippen molar-refractivity contribution in [2.45, 2.75) is 26.2 Å². The molecule has 0 unspecified atom stereocenters. The Balaban J connectivity index is 1.87. The number of para-hydroxylation sites is 1. The Kier molecular flexibility index (Phi) is 3.83. The van der Waals surface area contributed by atoms with Gasteiger partial charge in [-0.25, -0.2) is 0 Å². The van der Waals surface area contributed by atoms with Gasteiger partial charge in [0.1, 0.15) is 5.75 Å². The summed E-state index contributed by atoms with van der Waals surface area (Å²) in [4.78, 5) is 0. The van der Waals surface area contributed by atoms with Crippen molar-refractivity contribution in [3.05, 3.63) is 29.8 Å². The quantitative estimate of drug-likeness (QED) is 0.822. The van der Waals surface area contributed by atoms with Gasteiger partial charge in [0.25, 0.3) is 0 Å². The van der Waals surface area contributed by atoms with Gasteiger partial charge in [-0.1, -0.05) is 32.0 Å². The number of hydrogen-bond acceptors (Lipinski definition) is 2. The maximum absolute atomic E-state index is 5.88. The predicted octanol–water partition coefficient (Wildman–Crippen LogP) is 2.80. The van der Waals surface area contributed by atoms with Gasteiger partial charge in [-0.3, -0.25) is 0 Å². The van der Waals surface area contributed by atoms with Gasteiger partial charge in [0.2, 0.25) is 0 Å². The van der Waals surface area contributed by atoms with Crippen LogP contribution >= 0.6 is 0 Å². The van der Waals surface area contributed by atoms with Crippen molar-refractivity contribution >= 4 is 0 Å². The van der Waals surface area contributed by atoms with E-state index in [1.807, 2.05) is 6.07 Å². The van der Waals surface area contributed by atoms with E-state index in [1.54, 1.807) is 0 Å². The van der Waals surface area contributed by atoms with E-state index in [9.17, 15) is 0 Å². The number of nitrogens with one attached hydrogen (secondary N) is 1. The Hall–Kier alpha value is -1.02. The SMILES string of the molecule is CC(C)c1ccccc1OCCC1CNC1. The molecule has 2 heteroatoms. The smallest absolute Gasteiger partial charge is 0.122 e. The van der Waals surface area contributed by atoms with Gasteiger partial charge in [0.15, 0.2) is 0 Å². The summed E-state index contributed by atoms with van der Waals surface area (Å²) in [6, 6.07) is 8.36. The second kappa shape index (κ2) is 5.35. The van der Waals surface area contributed by atoms with E-state index in [2.05, 4.69) is 37.4 Å². The molecule has 0 spiro atoms. The molecule has 88 valence electrons. The van der Waals surface area contributed by atoms with Crippen molar-refractivity contribution in [3.63, 3.8) is 0 Å². The van der Waals surface area contributed by atoms with Crippen molar-refractivity contribution < 1.29 is 4.74 Å². The van der Waals surface area contributed by atoms with E-state index in [0.29, 0.717) is 5.92 Å². The molecule has 1 fully saturated rings. The van der Waals surface area contributed by atoms with Crippen LogP contribution in [0, 0.1) is 5.92 Å². The van der Waals surface area contributed by atoms with Crippen molar-refractivity contribution in [2.75, 3.05) is 19.7 Å². The third-order valence-corrected chi connectivity index (χ3v) is 3.19. The molecule has 0 bridgehead atoms. The number of hydrogen-bond donors (Lipinski definition) is 1. The lowest BCUT2D eigenvalue weighted by atomic mass is 10.00. The highest BCUT2D eigenvalue weighted by molar-refractivity contribution is 5.35. The Labute approximate surface area is 98.0 Å². The van der Waals surface area contributed by atoms with Crippen molar-refractivity contribution in [2.24, 2.45) is 5.92 Å². The normalized spacial score (nSPS) is 16.2. The highest BCUT2D eigenvalue weighted by Crippen LogP contribution is 2.26. The zero-order chi connectivity index (χ0) is 11.4. The van der Waals surface area contributed by atoms with Crippen LogP contribution in [-0.2, 0) is 0 Å². The zero-order valence-corrected chi connectivity index (χ0v) is 10.2. The summed E-state index contributed by atoms with van der Waals surface area (Å²) in [5, 5.41) is 3.28. The molecule has 1 saturated heterocycles. The van der Waals surface area contributed by atoms with Crippen LogP contribution < -0.4 is 10.1 Å². The molecule has 0 aromatic heterocycles. The van der Waals surface area contributed by atoms with E-state index in [0.717, 1.165) is 31.4 Å². The number of benzene rings is 1. The maximum atomic E-state index is 5.88. The first-order valence-corrected chi connectivity index (χ1v) is 6.20. The fraction of sp³-hybridized carbons (Fsp3) is 0.571. The molecule has 0 aliphatic carbocycles. The summed E-state index contributed by atoms with van der Waals surface area (Å²) >= 11 is 0. The molecule has 1 aromatic rings. The highest BCUT2D eigenvalue weighted by Gasteiger charge is 2.16. The van der Waals surface area contributed by atoms with Crippen LogP contribution in [0.25, 0.3) is 0 Å². The molecule has 0 saturated carbocycles.